The Balaban J connectivity index is 2.31. The van der Waals surface area contributed by atoms with Gasteiger partial charge in [0.15, 0.2) is 0 Å². The van der Waals surface area contributed by atoms with Gasteiger partial charge in [-0.3, -0.25) is 0 Å². The van der Waals surface area contributed by atoms with Gasteiger partial charge in [-0.1, -0.05) is 26.8 Å². The van der Waals surface area contributed by atoms with Crippen LogP contribution in [0.4, 0.5) is 0 Å². The molecule has 1 aliphatic carbocycles. The molecule has 0 spiro atoms. The van der Waals surface area contributed by atoms with E-state index in [2.05, 4.69) is 39.8 Å². The molecular weight excluding hydrogens is 196 g/mol. The van der Waals surface area contributed by atoms with Crippen LogP contribution in [0.2, 0.25) is 0 Å². The Morgan fingerprint density at radius 3 is 2.19 bits per heavy atom. The fourth-order valence-electron chi connectivity index (χ4n) is 2.61. The van der Waals surface area contributed by atoms with Crippen LogP contribution in [0.3, 0.4) is 0 Å². The predicted molar refractivity (Wildman–Crippen MR) is 68.1 cm³/mol. The zero-order valence-corrected chi connectivity index (χ0v) is 11.1. The highest BCUT2D eigenvalue weighted by atomic mass is 16.5. The maximum atomic E-state index is 5.39. The number of ether oxygens (including phenoxy) is 1. The molecule has 0 saturated heterocycles. The maximum absolute atomic E-state index is 5.39. The van der Waals surface area contributed by atoms with Gasteiger partial charge in [-0.15, -0.1) is 0 Å². The third-order valence-electron chi connectivity index (χ3n) is 3.87. The molecule has 0 fully saturated rings. The standard InChI is InChI=1S/C15H22O/c1-10-6-11-7-13(15(2,3)4)8-12(11)9-14(10)16-5/h6,9,13H,7-8H2,1-5H3. The molecule has 0 radical (unpaired) electrons. The van der Waals surface area contributed by atoms with Gasteiger partial charge in [-0.05, 0) is 53.9 Å². The van der Waals surface area contributed by atoms with E-state index in [1.165, 1.54) is 29.5 Å². The number of fused-ring (bicyclic) bond motifs is 1. The topological polar surface area (TPSA) is 9.23 Å². The smallest absolute Gasteiger partial charge is 0.122 e. The summed E-state index contributed by atoms with van der Waals surface area (Å²) in [5.41, 5.74) is 4.68. The van der Waals surface area contributed by atoms with Gasteiger partial charge >= 0.3 is 0 Å². The van der Waals surface area contributed by atoms with Crippen LogP contribution in [0, 0.1) is 18.3 Å². The Morgan fingerprint density at radius 1 is 1.12 bits per heavy atom. The van der Waals surface area contributed by atoms with Crippen molar-refractivity contribution in [1.82, 2.24) is 0 Å². The third-order valence-corrected chi connectivity index (χ3v) is 3.87. The van der Waals surface area contributed by atoms with E-state index < -0.39 is 0 Å². The SMILES string of the molecule is COc1cc2c(cc1C)CC(C(C)(C)C)C2. The highest BCUT2D eigenvalue weighted by Gasteiger charge is 2.31. The van der Waals surface area contributed by atoms with E-state index in [4.69, 9.17) is 4.74 Å². The second-order valence-corrected chi connectivity index (χ2v) is 6.06. The van der Waals surface area contributed by atoms with Crippen molar-refractivity contribution < 1.29 is 4.74 Å². The molecule has 1 nitrogen and oxygen atoms in total. The number of benzene rings is 1. The summed E-state index contributed by atoms with van der Waals surface area (Å²) >= 11 is 0. The molecule has 1 aromatic carbocycles. The van der Waals surface area contributed by atoms with E-state index in [-0.39, 0.29) is 0 Å². The number of rotatable bonds is 1. The van der Waals surface area contributed by atoms with Crippen molar-refractivity contribution in [1.29, 1.82) is 0 Å². The summed E-state index contributed by atoms with van der Waals surface area (Å²) in [4.78, 5) is 0. The number of aryl methyl sites for hydroxylation is 1. The maximum Gasteiger partial charge on any atom is 0.122 e. The molecule has 1 atom stereocenters. The molecule has 16 heavy (non-hydrogen) atoms. The first-order valence-corrected chi connectivity index (χ1v) is 6.08. The lowest BCUT2D eigenvalue weighted by Crippen LogP contribution is -2.20. The third kappa shape index (κ3) is 1.95. The Morgan fingerprint density at radius 2 is 1.69 bits per heavy atom. The zero-order valence-electron chi connectivity index (χ0n) is 11.1. The lowest BCUT2D eigenvalue weighted by molar-refractivity contribution is 0.251. The van der Waals surface area contributed by atoms with Crippen LogP contribution in [-0.2, 0) is 12.8 Å². The van der Waals surface area contributed by atoms with Crippen molar-refractivity contribution in [2.75, 3.05) is 7.11 Å². The van der Waals surface area contributed by atoms with Gasteiger partial charge in [0.05, 0.1) is 7.11 Å². The highest BCUT2D eigenvalue weighted by Crippen LogP contribution is 2.40. The van der Waals surface area contributed by atoms with E-state index in [1.807, 2.05) is 0 Å². The van der Waals surface area contributed by atoms with Crippen LogP contribution in [0.15, 0.2) is 12.1 Å². The zero-order chi connectivity index (χ0) is 11.9. The molecule has 0 aromatic heterocycles. The number of hydrogen-bond acceptors (Lipinski definition) is 1. The van der Waals surface area contributed by atoms with Crippen molar-refractivity contribution >= 4 is 0 Å². The van der Waals surface area contributed by atoms with Crippen LogP contribution >= 0.6 is 0 Å². The quantitative estimate of drug-likeness (QED) is 0.697. The van der Waals surface area contributed by atoms with E-state index in [0.717, 1.165) is 11.7 Å². The molecule has 88 valence electrons. The second kappa shape index (κ2) is 3.80. The Bertz CT molecular complexity index is 399. The van der Waals surface area contributed by atoms with Crippen LogP contribution in [0.5, 0.6) is 5.75 Å². The molecule has 0 aliphatic heterocycles. The van der Waals surface area contributed by atoms with Crippen molar-refractivity contribution in [2.24, 2.45) is 11.3 Å². The monoisotopic (exact) mass is 218 g/mol. The van der Waals surface area contributed by atoms with E-state index >= 15 is 0 Å². The fourth-order valence-corrected chi connectivity index (χ4v) is 2.61. The van der Waals surface area contributed by atoms with Crippen LogP contribution in [-0.4, -0.2) is 7.11 Å². The van der Waals surface area contributed by atoms with Crippen molar-refractivity contribution in [2.45, 2.75) is 40.5 Å². The summed E-state index contributed by atoms with van der Waals surface area (Å²) in [5, 5.41) is 0. The normalized spacial score (nSPS) is 19.7. The van der Waals surface area contributed by atoms with Crippen molar-refractivity contribution in [3.63, 3.8) is 0 Å². The largest absolute Gasteiger partial charge is 0.496 e. The summed E-state index contributed by atoms with van der Waals surface area (Å²) in [5.74, 6) is 1.81. The van der Waals surface area contributed by atoms with Gasteiger partial charge < -0.3 is 4.74 Å². The molecule has 1 heteroatoms. The Kier molecular flexibility index (Phi) is 2.73. The number of hydrogen-bond donors (Lipinski definition) is 0. The lowest BCUT2D eigenvalue weighted by atomic mass is 9.79. The molecule has 0 bridgehead atoms. The average Bonchev–Trinajstić information content (AvgIpc) is 2.58. The number of methoxy groups -OCH3 is 1. The van der Waals surface area contributed by atoms with E-state index in [1.54, 1.807) is 7.11 Å². The molecule has 1 aromatic rings. The van der Waals surface area contributed by atoms with E-state index in [9.17, 15) is 0 Å². The molecule has 0 amide bonds. The first kappa shape index (κ1) is 11.5. The van der Waals surface area contributed by atoms with Crippen LogP contribution in [0.1, 0.15) is 37.5 Å². The summed E-state index contributed by atoms with van der Waals surface area (Å²) in [7, 11) is 1.75. The molecule has 0 saturated carbocycles. The summed E-state index contributed by atoms with van der Waals surface area (Å²) < 4.78 is 5.39. The minimum Gasteiger partial charge on any atom is -0.496 e. The lowest BCUT2D eigenvalue weighted by Gasteiger charge is -2.26. The van der Waals surface area contributed by atoms with Gasteiger partial charge in [0.1, 0.15) is 5.75 Å². The second-order valence-electron chi connectivity index (χ2n) is 6.06. The minimum atomic E-state index is 0.403. The Hall–Kier alpha value is -0.980. The molecular formula is C15H22O. The van der Waals surface area contributed by atoms with Gasteiger partial charge in [0.2, 0.25) is 0 Å². The summed E-state index contributed by atoms with van der Waals surface area (Å²) in [6.07, 6.45) is 2.43. The first-order chi connectivity index (χ1) is 7.41. The molecule has 1 unspecified atom stereocenters. The van der Waals surface area contributed by atoms with Gasteiger partial charge in [0, 0.05) is 0 Å². The first-order valence-electron chi connectivity index (χ1n) is 6.08. The fraction of sp³-hybridized carbons (Fsp3) is 0.600. The highest BCUT2D eigenvalue weighted by molar-refractivity contribution is 5.44. The average molecular weight is 218 g/mol. The van der Waals surface area contributed by atoms with Crippen LogP contribution in [0.25, 0.3) is 0 Å². The van der Waals surface area contributed by atoms with Gasteiger partial charge in [0.25, 0.3) is 0 Å². The molecule has 0 N–H and O–H groups in total. The van der Waals surface area contributed by atoms with Crippen molar-refractivity contribution in [3.05, 3.63) is 28.8 Å². The van der Waals surface area contributed by atoms with E-state index in [0.29, 0.717) is 5.41 Å². The van der Waals surface area contributed by atoms with Crippen LogP contribution < -0.4 is 4.74 Å². The summed E-state index contributed by atoms with van der Waals surface area (Å²) in [6, 6.07) is 4.54. The van der Waals surface area contributed by atoms with Gasteiger partial charge in [-0.25, -0.2) is 0 Å². The Labute approximate surface area is 98.8 Å². The molecule has 0 heterocycles. The molecule has 2 rings (SSSR count). The predicted octanol–water partition coefficient (Wildman–Crippen LogP) is 3.76. The van der Waals surface area contributed by atoms with Gasteiger partial charge in [-0.2, -0.15) is 0 Å². The molecule has 1 aliphatic rings. The van der Waals surface area contributed by atoms with Crippen molar-refractivity contribution in [3.8, 4) is 5.75 Å². The summed E-state index contributed by atoms with van der Waals surface area (Å²) in [6.45, 7) is 9.15. The minimum absolute atomic E-state index is 0.403.